The molecule has 1 fully saturated rings. The van der Waals surface area contributed by atoms with Gasteiger partial charge in [-0.1, -0.05) is 43.7 Å². The molecule has 2 rings (SSSR count). The minimum absolute atomic E-state index is 0.0404. The van der Waals surface area contributed by atoms with Crippen molar-refractivity contribution in [3.63, 3.8) is 0 Å². The van der Waals surface area contributed by atoms with Gasteiger partial charge in [-0.3, -0.25) is 8.98 Å². The second kappa shape index (κ2) is 8.60. The Hall–Kier alpha value is -1.44. The van der Waals surface area contributed by atoms with Gasteiger partial charge in [-0.25, -0.2) is 0 Å². The van der Waals surface area contributed by atoms with Crippen LogP contribution in [0.25, 0.3) is 0 Å². The summed E-state index contributed by atoms with van der Waals surface area (Å²) < 4.78 is 39.0. The zero-order valence-corrected chi connectivity index (χ0v) is 14.8. The number of carbonyl (C=O) groups is 1. The van der Waals surface area contributed by atoms with Crippen molar-refractivity contribution < 1.29 is 26.9 Å². The van der Waals surface area contributed by atoms with Crippen molar-refractivity contribution in [2.24, 2.45) is 5.92 Å². The first-order valence-corrected chi connectivity index (χ1v) is 9.91. The van der Waals surface area contributed by atoms with Crippen molar-refractivity contribution in [2.75, 3.05) is 12.9 Å². The van der Waals surface area contributed by atoms with Crippen LogP contribution in [-0.2, 0) is 35.2 Å². The summed E-state index contributed by atoms with van der Waals surface area (Å²) in [7, 11) is -3.67. The molecule has 1 aromatic rings. The average molecular weight is 356 g/mol. The zero-order chi connectivity index (χ0) is 17.6. The van der Waals surface area contributed by atoms with E-state index in [1.807, 2.05) is 37.3 Å². The Kier molecular flexibility index (Phi) is 6.77. The number of benzene rings is 1. The highest BCUT2D eigenvalue weighted by Crippen LogP contribution is 2.29. The number of ether oxygens (including phenoxy) is 2. The summed E-state index contributed by atoms with van der Waals surface area (Å²) in [5.41, 5.74) is 0.975. The van der Waals surface area contributed by atoms with Crippen LogP contribution < -0.4 is 0 Å². The van der Waals surface area contributed by atoms with Crippen molar-refractivity contribution in [3.8, 4) is 0 Å². The van der Waals surface area contributed by atoms with Gasteiger partial charge in [0.25, 0.3) is 10.1 Å². The number of cyclic esters (lactones) is 1. The molecule has 1 aromatic carbocycles. The van der Waals surface area contributed by atoms with Gasteiger partial charge in [-0.2, -0.15) is 8.42 Å². The minimum Gasteiger partial charge on any atom is -0.459 e. The lowest BCUT2D eigenvalue weighted by Gasteiger charge is -2.21. The van der Waals surface area contributed by atoms with E-state index in [0.717, 1.165) is 24.7 Å². The van der Waals surface area contributed by atoms with Crippen LogP contribution in [0.15, 0.2) is 30.3 Å². The van der Waals surface area contributed by atoms with Crippen LogP contribution in [0.1, 0.15) is 31.7 Å². The van der Waals surface area contributed by atoms with Gasteiger partial charge in [-0.05, 0) is 12.0 Å². The lowest BCUT2D eigenvalue weighted by molar-refractivity contribution is -0.148. The molecule has 24 heavy (non-hydrogen) atoms. The van der Waals surface area contributed by atoms with Gasteiger partial charge in [0.1, 0.15) is 12.2 Å². The quantitative estimate of drug-likeness (QED) is 0.499. The Labute approximate surface area is 143 Å². The van der Waals surface area contributed by atoms with Crippen molar-refractivity contribution in [3.05, 3.63) is 35.9 Å². The monoisotopic (exact) mass is 356 g/mol. The van der Waals surface area contributed by atoms with Crippen LogP contribution in [0.4, 0.5) is 0 Å². The van der Waals surface area contributed by atoms with Crippen LogP contribution in [0, 0.1) is 5.92 Å². The highest BCUT2D eigenvalue weighted by Gasteiger charge is 2.40. The molecule has 6 nitrogen and oxygen atoms in total. The van der Waals surface area contributed by atoms with Crippen molar-refractivity contribution in [2.45, 2.75) is 45.0 Å². The van der Waals surface area contributed by atoms with Crippen molar-refractivity contribution in [1.82, 2.24) is 0 Å². The number of esters is 1. The Balaban J connectivity index is 1.96. The van der Waals surface area contributed by atoms with Gasteiger partial charge < -0.3 is 9.47 Å². The first-order valence-electron chi connectivity index (χ1n) is 8.09. The lowest BCUT2D eigenvalue weighted by atomic mass is 9.98. The average Bonchev–Trinajstić information content (AvgIpc) is 2.88. The summed E-state index contributed by atoms with van der Waals surface area (Å²) in [6.07, 6.45) is 1.62. The standard InChI is InChI=1S/C17H24O6S/c1-3-7-14-10-15(22-17(14)18)16(23-24(2,19)20)12-21-11-13-8-5-4-6-9-13/h4-6,8-9,14-16H,3,7,10-12H2,1-2H3/t14-,15+,16-/m1/s1. The molecule has 1 aliphatic heterocycles. The molecule has 7 heteroatoms. The summed E-state index contributed by atoms with van der Waals surface area (Å²) in [5.74, 6) is -0.480. The summed E-state index contributed by atoms with van der Waals surface area (Å²) in [6.45, 7) is 2.37. The van der Waals surface area contributed by atoms with E-state index >= 15 is 0 Å². The van der Waals surface area contributed by atoms with E-state index in [4.69, 9.17) is 13.7 Å². The predicted octanol–water partition coefficient (Wildman–Crippen LogP) is 2.28. The number of hydrogen-bond donors (Lipinski definition) is 0. The third-order valence-corrected chi connectivity index (χ3v) is 4.46. The van der Waals surface area contributed by atoms with E-state index in [0.29, 0.717) is 13.0 Å². The first kappa shape index (κ1) is 18.9. The van der Waals surface area contributed by atoms with Crippen LogP contribution in [0.3, 0.4) is 0 Å². The molecule has 134 valence electrons. The third kappa shape index (κ3) is 5.89. The van der Waals surface area contributed by atoms with Crippen molar-refractivity contribution in [1.29, 1.82) is 0 Å². The van der Waals surface area contributed by atoms with E-state index < -0.39 is 22.3 Å². The Morgan fingerprint density at radius 2 is 2.00 bits per heavy atom. The molecular formula is C17H24O6S. The van der Waals surface area contributed by atoms with Crippen LogP contribution >= 0.6 is 0 Å². The summed E-state index contributed by atoms with van der Waals surface area (Å²) in [5, 5.41) is 0. The molecule has 1 saturated heterocycles. The molecule has 0 aliphatic carbocycles. The van der Waals surface area contributed by atoms with Crippen LogP contribution in [0.5, 0.6) is 0 Å². The molecule has 1 aliphatic rings. The fourth-order valence-electron chi connectivity index (χ4n) is 2.77. The molecule has 1 heterocycles. The second-order valence-electron chi connectivity index (χ2n) is 6.04. The fourth-order valence-corrected chi connectivity index (χ4v) is 3.40. The summed E-state index contributed by atoms with van der Waals surface area (Å²) in [4.78, 5) is 11.9. The van der Waals surface area contributed by atoms with E-state index in [1.165, 1.54) is 0 Å². The largest absolute Gasteiger partial charge is 0.459 e. The summed E-state index contributed by atoms with van der Waals surface area (Å²) in [6, 6.07) is 9.54. The molecule has 0 unspecified atom stereocenters. The molecule has 0 radical (unpaired) electrons. The van der Waals surface area contributed by atoms with Gasteiger partial charge in [0.15, 0.2) is 0 Å². The molecule has 0 amide bonds. The fraction of sp³-hybridized carbons (Fsp3) is 0.588. The topological polar surface area (TPSA) is 78.9 Å². The minimum atomic E-state index is -3.67. The molecule has 3 atom stereocenters. The predicted molar refractivity (Wildman–Crippen MR) is 88.7 cm³/mol. The number of rotatable bonds is 9. The molecule has 0 spiro atoms. The van der Waals surface area contributed by atoms with Crippen molar-refractivity contribution >= 4 is 16.1 Å². The molecule has 0 saturated carbocycles. The van der Waals surface area contributed by atoms with Gasteiger partial charge >= 0.3 is 5.97 Å². The lowest BCUT2D eigenvalue weighted by Crippen LogP contribution is -2.35. The highest BCUT2D eigenvalue weighted by atomic mass is 32.2. The maximum Gasteiger partial charge on any atom is 0.309 e. The van der Waals surface area contributed by atoms with Crippen LogP contribution in [-0.4, -0.2) is 39.5 Å². The SMILES string of the molecule is CCC[C@@H]1C[C@@H]([C@@H](COCc2ccccc2)OS(C)(=O)=O)OC1=O. The van der Waals surface area contributed by atoms with Crippen LogP contribution in [0.2, 0.25) is 0 Å². The highest BCUT2D eigenvalue weighted by molar-refractivity contribution is 7.86. The first-order chi connectivity index (χ1) is 11.4. The normalized spacial score (nSPS) is 22.3. The third-order valence-electron chi connectivity index (χ3n) is 3.86. The van der Waals surface area contributed by atoms with E-state index in [9.17, 15) is 13.2 Å². The molecule has 0 bridgehead atoms. The summed E-state index contributed by atoms with van der Waals surface area (Å²) >= 11 is 0. The number of carbonyl (C=O) groups excluding carboxylic acids is 1. The Bertz CT molecular complexity index is 628. The van der Waals surface area contributed by atoms with E-state index in [-0.39, 0.29) is 18.5 Å². The van der Waals surface area contributed by atoms with Gasteiger partial charge in [0.2, 0.25) is 0 Å². The number of hydrogen-bond acceptors (Lipinski definition) is 6. The molecule has 0 N–H and O–H groups in total. The second-order valence-corrected chi connectivity index (χ2v) is 7.64. The maximum absolute atomic E-state index is 11.9. The van der Waals surface area contributed by atoms with E-state index in [1.54, 1.807) is 0 Å². The Morgan fingerprint density at radius 3 is 2.62 bits per heavy atom. The Morgan fingerprint density at radius 1 is 1.29 bits per heavy atom. The van der Waals surface area contributed by atoms with Gasteiger partial charge in [0, 0.05) is 6.42 Å². The van der Waals surface area contributed by atoms with Gasteiger partial charge in [0.05, 0.1) is 25.4 Å². The maximum atomic E-state index is 11.9. The van der Waals surface area contributed by atoms with E-state index in [2.05, 4.69) is 0 Å². The zero-order valence-electron chi connectivity index (χ0n) is 14.0. The molecule has 0 aromatic heterocycles. The molecular weight excluding hydrogens is 332 g/mol. The smallest absolute Gasteiger partial charge is 0.309 e. The van der Waals surface area contributed by atoms with Gasteiger partial charge in [-0.15, -0.1) is 0 Å².